The van der Waals surface area contributed by atoms with Crippen molar-refractivity contribution in [1.29, 1.82) is 0 Å². The second kappa shape index (κ2) is 6.37. The standard InChI is InChI=1S/C16H24N2O2/c1-17-16(15(19)20,13-7-4-3-5-8-13)11-12-18(2)14-9-6-10-14/h3-5,7-8,14,17H,6,9-12H2,1-2H3,(H,19,20). The van der Waals surface area contributed by atoms with Crippen LogP contribution in [-0.2, 0) is 10.3 Å². The number of hydrogen-bond acceptors (Lipinski definition) is 3. The van der Waals surface area contributed by atoms with Crippen LogP contribution >= 0.6 is 0 Å². The van der Waals surface area contributed by atoms with Gasteiger partial charge in [0.2, 0.25) is 0 Å². The van der Waals surface area contributed by atoms with Crippen molar-refractivity contribution in [3.05, 3.63) is 35.9 Å². The maximum Gasteiger partial charge on any atom is 0.328 e. The fourth-order valence-corrected chi connectivity index (χ4v) is 2.83. The second-order valence-electron chi connectivity index (χ2n) is 5.64. The first-order valence-electron chi connectivity index (χ1n) is 7.28. The third-order valence-corrected chi connectivity index (χ3v) is 4.60. The number of carboxylic acids is 1. The summed E-state index contributed by atoms with van der Waals surface area (Å²) in [6.07, 6.45) is 4.34. The van der Waals surface area contributed by atoms with Gasteiger partial charge in [-0.15, -0.1) is 0 Å². The number of nitrogens with one attached hydrogen (secondary N) is 1. The van der Waals surface area contributed by atoms with Gasteiger partial charge in [-0.2, -0.15) is 0 Å². The summed E-state index contributed by atoms with van der Waals surface area (Å²) < 4.78 is 0. The van der Waals surface area contributed by atoms with Crippen LogP contribution in [0.4, 0.5) is 0 Å². The third kappa shape index (κ3) is 2.86. The molecule has 2 N–H and O–H groups in total. The van der Waals surface area contributed by atoms with Gasteiger partial charge in [-0.25, -0.2) is 4.79 Å². The van der Waals surface area contributed by atoms with Gasteiger partial charge in [-0.05, 0) is 38.9 Å². The Balaban J connectivity index is 2.12. The molecule has 0 heterocycles. The molecule has 1 atom stereocenters. The zero-order valence-corrected chi connectivity index (χ0v) is 12.3. The van der Waals surface area contributed by atoms with Crippen molar-refractivity contribution in [3.63, 3.8) is 0 Å². The van der Waals surface area contributed by atoms with Gasteiger partial charge in [0.15, 0.2) is 0 Å². The molecule has 1 unspecified atom stereocenters. The first kappa shape index (κ1) is 15.0. The van der Waals surface area contributed by atoms with Crippen molar-refractivity contribution in [2.75, 3.05) is 20.6 Å². The first-order valence-corrected chi connectivity index (χ1v) is 7.28. The molecule has 4 nitrogen and oxygen atoms in total. The number of likely N-dealkylation sites (N-methyl/N-ethyl adjacent to an activating group) is 1. The molecule has 1 fully saturated rings. The number of carbonyl (C=O) groups is 1. The number of rotatable bonds is 7. The Morgan fingerprint density at radius 1 is 1.40 bits per heavy atom. The quantitative estimate of drug-likeness (QED) is 0.800. The van der Waals surface area contributed by atoms with Crippen LogP contribution in [0.1, 0.15) is 31.2 Å². The van der Waals surface area contributed by atoms with Gasteiger partial charge in [0.25, 0.3) is 0 Å². The van der Waals surface area contributed by atoms with E-state index in [2.05, 4.69) is 17.3 Å². The highest BCUT2D eigenvalue weighted by molar-refractivity contribution is 5.80. The minimum absolute atomic E-state index is 0.565. The minimum atomic E-state index is -1.00. The molecule has 1 aliphatic rings. The normalized spacial score (nSPS) is 18.6. The van der Waals surface area contributed by atoms with Crippen LogP contribution in [0.3, 0.4) is 0 Å². The van der Waals surface area contributed by atoms with Crippen molar-refractivity contribution < 1.29 is 9.90 Å². The van der Waals surface area contributed by atoms with E-state index in [9.17, 15) is 9.90 Å². The predicted octanol–water partition coefficient (Wildman–Crippen LogP) is 2.06. The van der Waals surface area contributed by atoms with E-state index in [-0.39, 0.29) is 0 Å². The molecular formula is C16H24N2O2. The highest BCUT2D eigenvalue weighted by atomic mass is 16.4. The predicted molar refractivity (Wildman–Crippen MR) is 79.7 cm³/mol. The van der Waals surface area contributed by atoms with Gasteiger partial charge in [-0.3, -0.25) is 0 Å². The SMILES string of the molecule is CNC(CCN(C)C1CCC1)(C(=O)O)c1ccccc1. The fraction of sp³-hybridized carbons (Fsp3) is 0.562. The van der Waals surface area contributed by atoms with Crippen LogP contribution in [0.25, 0.3) is 0 Å². The van der Waals surface area contributed by atoms with Crippen LogP contribution in [0.5, 0.6) is 0 Å². The average molecular weight is 276 g/mol. The Bertz CT molecular complexity index is 445. The zero-order chi connectivity index (χ0) is 14.6. The van der Waals surface area contributed by atoms with Gasteiger partial charge in [-0.1, -0.05) is 36.8 Å². The van der Waals surface area contributed by atoms with E-state index in [1.165, 1.54) is 19.3 Å². The van der Waals surface area contributed by atoms with E-state index >= 15 is 0 Å². The highest BCUT2D eigenvalue weighted by Gasteiger charge is 2.39. The summed E-state index contributed by atoms with van der Waals surface area (Å²) >= 11 is 0. The maximum atomic E-state index is 11.8. The van der Waals surface area contributed by atoms with E-state index in [4.69, 9.17) is 0 Å². The third-order valence-electron chi connectivity index (χ3n) is 4.60. The fourth-order valence-electron chi connectivity index (χ4n) is 2.83. The summed E-state index contributed by atoms with van der Waals surface area (Å²) in [6, 6.07) is 10.1. The number of nitrogens with zero attached hydrogens (tertiary/aromatic N) is 1. The topological polar surface area (TPSA) is 52.6 Å². The van der Waals surface area contributed by atoms with Crippen molar-refractivity contribution in [1.82, 2.24) is 10.2 Å². The number of carboxylic acid groups (broad SMARTS) is 1. The molecule has 0 aliphatic heterocycles. The van der Waals surface area contributed by atoms with Gasteiger partial charge in [0.1, 0.15) is 5.54 Å². The van der Waals surface area contributed by atoms with Gasteiger partial charge < -0.3 is 15.3 Å². The van der Waals surface area contributed by atoms with Gasteiger partial charge in [0.05, 0.1) is 0 Å². The van der Waals surface area contributed by atoms with Crippen LogP contribution < -0.4 is 5.32 Å². The van der Waals surface area contributed by atoms with E-state index in [1.54, 1.807) is 7.05 Å². The zero-order valence-electron chi connectivity index (χ0n) is 12.3. The Morgan fingerprint density at radius 3 is 2.50 bits per heavy atom. The summed E-state index contributed by atoms with van der Waals surface area (Å²) in [6.45, 7) is 0.784. The summed E-state index contributed by atoms with van der Waals surface area (Å²) in [5.74, 6) is -0.812. The molecule has 0 bridgehead atoms. The lowest BCUT2D eigenvalue weighted by Gasteiger charge is -2.37. The molecule has 2 rings (SSSR count). The maximum absolute atomic E-state index is 11.8. The molecule has 0 aromatic heterocycles. The second-order valence-corrected chi connectivity index (χ2v) is 5.64. The minimum Gasteiger partial charge on any atom is -0.480 e. The smallest absolute Gasteiger partial charge is 0.328 e. The summed E-state index contributed by atoms with van der Waals surface area (Å²) in [4.78, 5) is 14.1. The molecule has 20 heavy (non-hydrogen) atoms. The Morgan fingerprint density at radius 2 is 2.05 bits per heavy atom. The largest absolute Gasteiger partial charge is 0.480 e. The molecule has 0 radical (unpaired) electrons. The molecular weight excluding hydrogens is 252 g/mol. The molecule has 0 spiro atoms. The summed E-state index contributed by atoms with van der Waals surface area (Å²) in [5, 5.41) is 12.8. The number of hydrogen-bond donors (Lipinski definition) is 2. The molecule has 1 aliphatic carbocycles. The number of benzene rings is 1. The molecule has 0 saturated heterocycles. The summed E-state index contributed by atoms with van der Waals surface area (Å²) in [5.41, 5.74) is -0.184. The van der Waals surface area contributed by atoms with Crippen molar-refractivity contribution in [3.8, 4) is 0 Å². The molecule has 4 heteroatoms. The van der Waals surface area contributed by atoms with Crippen LogP contribution in [-0.4, -0.2) is 42.7 Å². The van der Waals surface area contributed by atoms with E-state index in [1.807, 2.05) is 30.3 Å². The Labute approximate surface area is 120 Å². The van der Waals surface area contributed by atoms with Crippen molar-refractivity contribution in [2.45, 2.75) is 37.3 Å². The first-order chi connectivity index (χ1) is 9.60. The molecule has 0 amide bonds. The van der Waals surface area contributed by atoms with Crippen molar-refractivity contribution in [2.24, 2.45) is 0 Å². The van der Waals surface area contributed by atoms with E-state index in [0.717, 1.165) is 12.1 Å². The van der Waals surface area contributed by atoms with Crippen LogP contribution in [0, 0.1) is 0 Å². The van der Waals surface area contributed by atoms with Crippen LogP contribution in [0.2, 0.25) is 0 Å². The Kier molecular flexibility index (Phi) is 4.78. The number of aliphatic carboxylic acids is 1. The highest BCUT2D eigenvalue weighted by Crippen LogP contribution is 2.28. The van der Waals surface area contributed by atoms with E-state index in [0.29, 0.717) is 12.5 Å². The lowest BCUT2D eigenvalue weighted by Crippen LogP contribution is -2.50. The molecule has 1 saturated carbocycles. The summed E-state index contributed by atoms with van der Waals surface area (Å²) in [7, 11) is 3.82. The average Bonchev–Trinajstić information content (AvgIpc) is 2.39. The molecule has 1 aromatic rings. The van der Waals surface area contributed by atoms with E-state index < -0.39 is 11.5 Å². The van der Waals surface area contributed by atoms with Gasteiger partial charge in [0, 0.05) is 12.6 Å². The molecule has 110 valence electrons. The monoisotopic (exact) mass is 276 g/mol. The molecule has 1 aromatic carbocycles. The lowest BCUT2D eigenvalue weighted by molar-refractivity contribution is -0.145. The Hall–Kier alpha value is -1.39. The van der Waals surface area contributed by atoms with Crippen molar-refractivity contribution >= 4 is 5.97 Å². The van der Waals surface area contributed by atoms with Crippen LogP contribution in [0.15, 0.2) is 30.3 Å². The lowest BCUT2D eigenvalue weighted by atomic mass is 9.85. The van der Waals surface area contributed by atoms with Gasteiger partial charge >= 0.3 is 5.97 Å².